The topological polar surface area (TPSA) is 51.6 Å². The van der Waals surface area contributed by atoms with Crippen LogP contribution in [0.3, 0.4) is 0 Å². The molecule has 0 bridgehead atoms. The van der Waals surface area contributed by atoms with E-state index in [2.05, 4.69) is 4.98 Å². The highest BCUT2D eigenvalue weighted by Gasteiger charge is 2.47. The average Bonchev–Trinajstić information content (AvgIpc) is 2.94. The Morgan fingerprint density at radius 3 is 2.41 bits per heavy atom. The predicted octanol–water partition coefficient (Wildman–Crippen LogP) is 1.96. The van der Waals surface area contributed by atoms with E-state index >= 15 is 0 Å². The quantitative estimate of drug-likeness (QED) is 0.833. The van der Waals surface area contributed by atoms with Crippen molar-refractivity contribution in [2.24, 2.45) is 0 Å². The molecular formula is C12H17NO3S. The Morgan fingerprint density at radius 2 is 1.88 bits per heavy atom. The SMILES string of the molecule is Cc1cnc(C2(O)CCC3(CC2)OCCO3)s1. The van der Waals surface area contributed by atoms with E-state index in [1.165, 1.54) is 0 Å². The van der Waals surface area contributed by atoms with Crippen molar-refractivity contribution < 1.29 is 14.6 Å². The van der Waals surface area contributed by atoms with Crippen LogP contribution in [0.4, 0.5) is 0 Å². The normalized spacial score (nSPS) is 26.5. The molecule has 0 atom stereocenters. The van der Waals surface area contributed by atoms with Gasteiger partial charge in [0.25, 0.3) is 0 Å². The van der Waals surface area contributed by atoms with Gasteiger partial charge in [0, 0.05) is 23.9 Å². The minimum Gasteiger partial charge on any atom is -0.383 e. The van der Waals surface area contributed by atoms with Gasteiger partial charge in [-0.3, -0.25) is 0 Å². The van der Waals surface area contributed by atoms with Gasteiger partial charge in [0.05, 0.1) is 13.2 Å². The molecule has 0 aromatic carbocycles. The summed E-state index contributed by atoms with van der Waals surface area (Å²) in [5, 5.41) is 11.5. The van der Waals surface area contributed by atoms with E-state index in [9.17, 15) is 5.11 Å². The van der Waals surface area contributed by atoms with Gasteiger partial charge < -0.3 is 14.6 Å². The largest absolute Gasteiger partial charge is 0.383 e. The molecule has 2 aliphatic rings. The van der Waals surface area contributed by atoms with Crippen molar-refractivity contribution in [1.29, 1.82) is 0 Å². The summed E-state index contributed by atoms with van der Waals surface area (Å²) in [7, 11) is 0. The zero-order valence-electron chi connectivity index (χ0n) is 9.94. The predicted molar refractivity (Wildman–Crippen MR) is 63.9 cm³/mol. The molecule has 1 N–H and O–H groups in total. The third kappa shape index (κ3) is 2.01. The third-order valence-corrected chi connectivity index (χ3v) is 4.78. The van der Waals surface area contributed by atoms with E-state index in [1.54, 1.807) is 11.3 Å². The van der Waals surface area contributed by atoms with Gasteiger partial charge in [-0.2, -0.15) is 0 Å². The summed E-state index contributed by atoms with van der Waals surface area (Å²) in [6.45, 7) is 3.36. The highest BCUT2D eigenvalue weighted by Crippen LogP contribution is 2.45. The Balaban J connectivity index is 1.75. The molecule has 0 amide bonds. The fraction of sp³-hybridized carbons (Fsp3) is 0.750. The van der Waals surface area contributed by atoms with Crippen LogP contribution >= 0.6 is 11.3 Å². The molecule has 3 rings (SSSR count). The summed E-state index contributed by atoms with van der Waals surface area (Å²) < 4.78 is 11.3. The molecule has 1 spiro atoms. The molecule has 0 unspecified atom stereocenters. The van der Waals surface area contributed by atoms with Crippen LogP contribution in [0.1, 0.15) is 35.6 Å². The molecule has 94 valence electrons. The highest BCUT2D eigenvalue weighted by molar-refractivity contribution is 7.11. The van der Waals surface area contributed by atoms with Crippen LogP contribution < -0.4 is 0 Å². The molecule has 17 heavy (non-hydrogen) atoms. The number of aliphatic hydroxyl groups is 1. The number of aryl methyl sites for hydroxylation is 1. The van der Waals surface area contributed by atoms with Crippen molar-refractivity contribution in [2.45, 2.75) is 44.0 Å². The Kier molecular flexibility index (Phi) is 2.74. The summed E-state index contributed by atoms with van der Waals surface area (Å²) in [5.41, 5.74) is -0.778. The highest BCUT2D eigenvalue weighted by atomic mass is 32.1. The number of hydrogen-bond donors (Lipinski definition) is 1. The van der Waals surface area contributed by atoms with Gasteiger partial charge in [0.2, 0.25) is 0 Å². The smallest absolute Gasteiger partial charge is 0.168 e. The van der Waals surface area contributed by atoms with Gasteiger partial charge in [-0.05, 0) is 19.8 Å². The number of rotatable bonds is 1. The second kappa shape index (κ2) is 4.02. The molecule has 2 fully saturated rings. The first-order chi connectivity index (χ1) is 8.12. The molecular weight excluding hydrogens is 238 g/mol. The van der Waals surface area contributed by atoms with Gasteiger partial charge in [-0.25, -0.2) is 4.98 Å². The summed E-state index contributed by atoms with van der Waals surface area (Å²) in [4.78, 5) is 5.45. The van der Waals surface area contributed by atoms with Crippen LogP contribution in [0, 0.1) is 6.92 Å². The maximum Gasteiger partial charge on any atom is 0.168 e. The van der Waals surface area contributed by atoms with Crippen molar-refractivity contribution in [3.05, 3.63) is 16.1 Å². The first kappa shape index (κ1) is 11.6. The van der Waals surface area contributed by atoms with Crippen LogP contribution in [0.2, 0.25) is 0 Å². The molecule has 5 heteroatoms. The van der Waals surface area contributed by atoms with Crippen LogP contribution in [-0.2, 0) is 15.1 Å². The lowest BCUT2D eigenvalue weighted by Gasteiger charge is -2.39. The summed E-state index contributed by atoms with van der Waals surface area (Å²) in [6.07, 6.45) is 4.66. The first-order valence-corrected chi connectivity index (χ1v) is 6.87. The molecule has 1 aliphatic heterocycles. The first-order valence-electron chi connectivity index (χ1n) is 6.05. The molecule has 1 aromatic heterocycles. The summed E-state index contributed by atoms with van der Waals surface area (Å²) in [6, 6.07) is 0. The maximum absolute atomic E-state index is 10.6. The molecule has 2 heterocycles. The monoisotopic (exact) mass is 255 g/mol. The summed E-state index contributed by atoms with van der Waals surface area (Å²) >= 11 is 1.58. The third-order valence-electron chi connectivity index (χ3n) is 3.67. The van der Waals surface area contributed by atoms with Gasteiger partial charge >= 0.3 is 0 Å². The molecule has 0 radical (unpaired) electrons. The number of aromatic nitrogens is 1. The van der Waals surface area contributed by atoms with Gasteiger partial charge in [-0.1, -0.05) is 0 Å². The van der Waals surface area contributed by atoms with Crippen molar-refractivity contribution in [3.8, 4) is 0 Å². The van der Waals surface area contributed by atoms with E-state index in [1.807, 2.05) is 13.1 Å². The van der Waals surface area contributed by atoms with E-state index in [-0.39, 0.29) is 0 Å². The van der Waals surface area contributed by atoms with Crippen LogP contribution in [0.5, 0.6) is 0 Å². The number of ether oxygens (including phenoxy) is 2. The minimum absolute atomic E-state index is 0.418. The average molecular weight is 255 g/mol. The second-order valence-electron chi connectivity index (χ2n) is 4.92. The van der Waals surface area contributed by atoms with Crippen molar-refractivity contribution in [1.82, 2.24) is 4.98 Å². The van der Waals surface area contributed by atoms with E-state index in [4.69, 9.17) is 9.47 Å². The number of thiazole rings is 1. The van der Waals surface area contributed by atoms with Gasteiger partial charge in [0.15, 0.2) is 5.79 Å². The van der Waals surface area contributed by atoms with Crippen LogP contribution in [0.25, 0.3) is 0 Å². The van der Waals surface area contributed by atoms with Crippen molar-refractivity contribution in [3.63, 3.8) is 0 Å². The molecule has 1 saturated carbocycles. The maximum atomic E-state index is 10.6. The fourth-order valence-electron chi connectivity index (χ4n) is 2.61. The Bertz CT molecular complexity index is 402. The van der Waals surface area contributed by atoms with E-state index in [0.717, 1.165) is 22.7 Å². The zero-order chi connectivity index (χ0) is 11.9. The lowest BCUT2D eigenvalue weighted by Crippen LogP contribution is -2.42. The molecule has 1 aliphatic carbocycles. The minimum atomic E-state index is -0.778. The van der Waals surface area contributed by atoms with Crippen molar-refractivity contribution in [2.75, 3.05) is 13.2 Å². The number of nitrogens with zero attached hydrogens (tertiary/aromatic N) is 1. The second-order valence-corrected chi connectivity index (χ2v) is 6.15. The Morgan fingerprint density at radius 1 is 1.24 bits per heavy atom. The van der Waals surface area contributed by atoms with Crippen LogP contribution in [-0.4, -0.2) is 29.1 Å². The molecule has 1 saturated heterocycles. The fourth-order valence-corrected chi connectivity index (χ4v) is 3.52. The van der Waals surface area contributed by atoms with E-state index < -0.39 is 11.4 Å². The van der Waals surface area contributed by atoms with E-state index in [0.29, 0.717) is 26.1 Å². The van der Waals surface area contributed by atoms with Crippen molar-refractivity contribution >= 4 is 11.3 Å². The Labute approximate surface area is 105 Å². The van der Waals surface area contributed by atoms with Gasteiger partial charge in [0.1, 0.15) is 10.6 Å². The standard InChI is InChI=1S/C12H17NO3S/c1-9-8-13-10(17-9)11(14)2-4-12(5-3-11)15-6-7-16-12/h8,14H,2-7H2,1H3. The molecule has 4 nitrogen and oxygen atoms in total. The lowest BCUT2D eigenvalue weighted by molar-refractivity contribution is -0.204. The van der Waals surface area contributed by atoms with Crippen LogP contribution in [0.15, 0.2) is 6.20 Å². The zero-order valence-corrected chi connectivity index (χ0v) is 10.8. The molecule has 1 aromatic rings. The Hall–Kier alpha value is -0.490. The van der Waals surface area contributed by atoms with Gasteiger partial charge in [-0.15, -0.1) is 11.3 Å². The number of hydrogen-bond acceptors (Lipinski definition) is 5. The summed E-state index contributed by atoms with van der Waals surface area (Å²) in [5.74, 6) is -0.418. The lowest BCUT2D eigenvalue weighted by atomic mass is 9.82.